The summed E-state index contributed by atoms with van der Waals surface area (Å²) in [5.41, 5.74) is 1.58. The second kappa shape index (κ2) is 9.87. The molecular weight excluding hydrogens is 326 g/mol. The topological polar surface area (TPSA) is 54.9 Å². The van der Waals surface area contributed by atoms with Crippen molar-refractivity contribution in [3.63, 3.8) is 0 Å². The third kappa shape index (κ3) is 5.96. The number of rotatable bonds is 10. The first-order valence-electron chi connectivity index (χ1n) is 8.47. The van der Waals surface area contributed by atoms with Crippen LogP contribution in [0.5, 0.6) is 0 Å². The SMILES string of the molecule is CN=C(NCCCOCCOC)NCC1(c2ccc(Cl)cc2)CC1. The molecule has 0 saturated heterocycles. The van der Waals surface area contributed by atoms with Gasteiger partial charge in [-0.2, -0.15) is 0 Å². The van der Waals surface area contributed by atoms with Gasteiger partial charge in [0.15, 0.2) is 5.96 Å². The minimum Gasteiger partial charge on any atom is -0.382 e. The van der Waals surface area contributed by atoms with Crippen LogP contribution in [0.1, 0.15) is 24.8 Å². The van der Waals surface area contributed by atoms with Crippen molar-refractivity contribution in [2.75, 3.05) is 47.1 Å². The van der Waals surface area contributed by atoms with Crippen LogP contribution in [0, 0.1) is 0 Å². The average molecular weight is 354 g/mol. The molecule has 0 unspecified atom stereocenters. The van der Waals surface area contributed by atoms with Gasteiger partial charge in [-0.05, 0) is 37.0 Å². The highest BCUT2D eigenvalue weighted by atomic mass is 35.5. The van der Waals surface area contributed by atoms with Gasteiger partial charge in [0.25, 0.3) is 0 Å². The van der Waals surface area contributed by atoms with Crippen LogP contribution in [0.4, 0.5) is 0 Å². The Balaban J connectivity index is 1.67. The van der Waals surface area contributed by atoms with Gasteiger partial charge in [0.2, 0.25) is 0 Å². The highest BCUT2D eigenvalue weighted by molar-refractivity contribution is 6.30. The number of guanidine groups is 1. The lowest BCUT2D eigenvalue weighted by Gasteiger charge is -2.19. The first-order valence-corrected chi connectivity index (χ1v) is 8.85. The van der Waals surface area contributed by atoms with Crippen LogP contribution in [-0.4, -0.2) is 53.0 Å². The molecule has 0 aliphatic heterocycles. The van der Waals surface area contributed by atoms with E-state index in [0.717, 1.165) is 37.1 Å². The predicted octanol–water partition coefficient (Wildman–Crippen LogP) is 2.59. The molecule has 0 bridgehead atoms. The Bertz CT molecular complexity index is 516. The van der Waals surface area contributed by atoms with Crippen LogP contribution in [0.25, 0.3) is 0 Å². The second-order valence-electron chi connectivity index (χ2n) is 6.10. The molecule has 6 heteroatoms. The number of hydrogen-bond donors (Lipinski definition) is 2. The fraction of sp³-hybridized carbons (Fsp3) is 0.611. The largest absolute Gasteiger partial charge is 0.382 e. The zero-order chi connectivity index (χ0) is 17.3. The molecule has 1 aromatic rings. The number of ether oxygens (including phenoxy) is 2. The Morgan fingerprint density at radius 3 is 2.54 bits per heavy atom. The number of aliphatic imine (C=N–C) groups is 1. The molecule has 5 nitrogen and oxygen atoms in total. The van der Waals surface area contributed by atoms with Crippen molar-refractivity contribution >= 4 is 17.6 Å². The van der Waals surface area contributed by atoms with E-state index in [1.54, 1.807) is 14.2 Å². The number of nitrogens with one attached hydrogen (secondary N) is 2. The van der Waals surface area contributed by atoms with Gasteiger partial charge in [-0.15, -0.1) is 0 Å². The molecule has 0 atom stereocenters. The molecule has 0 amide bonds. The Labute approximate surface area is 149 Å². The van der Waals surface area contributed by atoms with Crippen molar-refractivity contribution in [3.8, 4) is 0 Å². The van der Waals surface area contributed by atoms with Gasteiger partial charge in [-0.25, -0.2) is 0 Å². The lowest BCUT2D eigenvalue weighted by molar-refractivity contribution is 0.0698. The van der Waals surface area contributed by atoms with Crippen LogP contribution < -0.4 is 10.6 Å². The van der Waals surface area contributed by atoms with Gasteiger partial charge in [-0.3, -0.25) is 4.99 Å². The third-order valence-electron chi connectivity index (χ3n) is 4.32. The van der Waals surface area contributed by atoms with Crippen molar-refractivity contribution in [2.24, 2.45) is 4.99 Å². The monoisotopic (exact) mass is 353 g/mol. The van der Waals surface area contributed by atoms with E-state index in [-0.39, 0.29) is 5.41 Å². The molecular formula is C18H28ClN3O2. The molecule has 1 aromatic carbocycles. The van der Waals surface area contributed by atoms with Gasteiger partial charge in [0.1, 0.15) is 0 Å². The van der Waals surface area contributed by atoms with E-state index in [4.69, 9.17) is 21.1 Å². The highest BCUT2D eigenvalue weighted by Crippen LogP contribution is 2.47. The van der Waals surface area contributed by atoms with Crippen LogP contribution in [0.15, 0.2) is 29.3 Å². The zero-order valence-corrected chi connectivity index (χ0v) is 15.4. The van der Waals surface area contributed by atoms with Crippen LogP contribution in [0.3, 0.4) is 0 Å². The maximum absolute atomic E-state index is 5.98. The number of benzene rings is 1. The first kappa shape index (κ1) is 19.0. The Morgan fingerprint density at radius 2 is 1.92 bits per heavy atom. The van der Waals surface area contributed by atoms with Gasteiger partial charge >= 0.3 is 0 Å². The summed E-state index contributed by atoms with van der Waals surface area (Å²) in [5, 5.41) is 7.55. The summed E-state index contributed by atoms with van der Waals surface area (Å²) < 4.78 is 10.4. The second-order valence-corrected chi connectivity index (χ2v) is 6.53. The minimum absolute atomic E-state index is 0.228. The summed E-state index contributed by atoms with van der Waals surface area (Å²) in [6, 6.07) is 8.19. The summed E-state index contributed by atoms with van der Waals surface area (Å²) >= 11 is 5.98. The van der Waals surface area contributed by atoms with E-state index in [1.807, 2.05) is 12.1 Å². The maximum Gasteiger partial charge on any atom is 0.191 e. The van der Waals surface area contributed by atoms with E-state index in [2.05, 4.69) is 27.8 Å². The fourth-order valence-corrected chi connectivity index (χ4v) is 2.75. The van der Waals surface area contributed by atoms with Crippen LogP contribution in [-0.2, 0) is 14.9 Å². The minimum atomic E-state index is 0.228. The third-order valence-corrected chi connectivity index (χ3v) is 4.57. The summed E-state index contributed by atoms with van der Waals surface area (Å²) in [6.07, 6.45) is 3.34. The molecule has 1 saturated carbocycles. The molecule has 0 heterocycles. The Morgan fingerprint density at radius 1 is 1.17 bits per heavy atom. The molecule has 2 rings (SSSR count). The molecule has 0 spiro atoms. The number of methoxy groups -OCH3 is 1. The molecule has 134 valence electrons. The van der Waals surface area contributed by atoms with E-state index in [0.29, 0.717) is 13.2 Å². The summed E-state index contributed by atoms with van der Waals surface area (Å²) in [4.78, 5) is 4.29. The fourth-order valence-electron chi connectivity index (χ4n) is 2.62. The molecule has 24 heavy (non-hydrogen) atoms. The Kier molecular flexibility index (Phi) is 7.82. The standard InChI is InChI=1S/C18H28ClN3O2/c1-20-17(21-10-3-11-24-13-12-23-2)22-14-18(8-9-18)15-4-6-16(19)7-5-15/h4-7H,3,8-14H2,1-2H3,(H2,20,21,22). The van der Waals surface area contributed by atoms with Crippen molar-refractivity contribution < 1.29 is 9.47 Å². The van der Waals surface area contributed by atoms with E-state index in [1.165, 1.54) is 18.4 Å². The van der Waals surface area contributed by atoms with E-state index < -0.39 is 0 Å². The van der Waals surface area contributed by atoms with Crippen LogP contribution >= 0.6 is 11.6 Å². The van der Waals surface area contributed by atoms with Crippen molar-refractivity contribution in [1.82, 2.24) is 10.6 Å². The quantitative estimate of drug-likeness (QED) is 0.385. The highest BCUT2D eigenvalue weighted by Gasteiger charge is 2.44. The first-order chi connectivity index (χ1) is 11.7. The van der Waals surface area contributed by atoms with Gasteiger partial charge in [0, 0.05) is 44.3 Å². The number of nitrogens with zero attached hydrogens (tertiary/aromatic N) is 1. The maximum atomic E-state index is 5.98. The molecule has 1 fully saturated rings. The van der Waals surface area contributed by atoms with Gasteiger partial charge in [-0.1, -0.05) is 23.7 Å². The van der Waals surface area contributed by atoms with Crippen molar-refractivity contribution in [1.29, 1.82) is 0 Å². The molecule has 0 aromatic heterocycles. The number of halogens is 1. The molecule has 2 N–H and O–H groups in total. The van der Waals surface area contributed by atoms with E-state index >= 15 is 0 Å². The van der Waals surface area contributed by atoms with Gasteiger partial charge < -0.3 is 20.1 Å². The smallest absolute Gasteiger partial charge is 0.191 e. The summed E-state index contributed by atoms with van der Waals surface area (Å²) in [6.45, 7) is 3.73. The summed E-state index contributed by atoms with van der Waals surface area (Å²) in [7, 11) is 3.48. The normalized spacial score (nSPS) is 16.0. The Hall–Kier alpha value is -1.30. The molecule has 0 radical (unpaired) electrons. The lowest BCUT2D eigenvalue weighted by atomic mass is 9.96. The zero-order valence-electron chi connectivity index (χ0n) is 14.6. The van der Waals surface area contributed by atoms with Crippen LogP contribution in [0.2, 0.25) is 5.02 Å². The summed E-state index contributed by atoms with van der Waals surface area (Å²) in [5.74, 6) is 0.840. The number of hydrogen-bond acceptors (Lipinski definition) is 3. The van der Waals surface area contributed by atoms with Gasteiger partial charge in [0.05, 0.1) is 13.2 Å². The lowest BCUT2D eigenvalue weighted by Crippen LogP contribution is -2.41. The molecule has 1 aliphatic rings. The average Bonchev–Trinajstić information content (AvgIpc) is 3.38. The van der Waals surface area contributed by atoms with Crippen molar-refractivity contribution in [2.45, 2.75) is 24.7 Å². The van der Waals surface area contributed by atoms with Crippen molar-refractivity contribution in [3.05, 3.63) is 34.9 Å². The molecule has 1 aliphatic carbocycles. The van der Waals surface area contributed by atoms with E-state index in [9.17, 15) is 0 Å². The predicted molar refractivity (Wildman–Crippen MR) is 99.0 cm³/mol.